The van der Waals surface area contributed by atoms with Crippen molar-refractivity contribution in [3.8, 4) is 0 Å². The summed E-state index contributed by atoms with van der Waals surface area (Å²) in [5.41, 5.74) is 0. The largest absolute Gasteiger partial charge is 0.390 e. The summed E-state index contributed by atoms with van der Waals surface area (Å²) >= 11 is 0. The zero-order chi connectivity index (χ0) is 31.1. The van der Waals surface area contributed by atoms with Crippen LogP contribution in [0.4, 0.5) is 74.6 Å². The van der Waals surface area contributed by atoms with Crippen molar-refractivity contribution in [2.24, 2.45) is 0 Å². The lowest BCUT2D eigenvalue weighted by Crippen LogP contribution is -2.75. The summed E-state index contributed by atoms with van der Waals surface area (Å²) < 4.78 is 243. The van der Waals surface area contributed by atoms with E-state index in [4.69, 9.17) is 8.85 Å². The fourth-order valence-electron chi connectivity index (χ4n) is 3.04. The molecule has 0 bridgehead atoms. The number of rotatable bonds is 15. The van der Waals surface area contributed by atoms with E-state index in [1.807, 2.05) is 0 Å². The van der Waals surface area contributed by atoms with Crippen LogP contribution in [0.5, 0.6) is 0 Å². The van der Waals surface area contributed by atoms with Gasteiger partial charge in [0.15, 0.2) is 6.17 Å². The highest BCUT2D eigenvalue weighted by molar-refractivity contribution is 6.69. The summed E-state index contributed by atoms with van der Waals surface area (Å²) in [5, 5.41) is 0. The minimum absolute atomic E-state index is 0.775. The van der Waals surface area contributed by atoms with E-state index in [9.17, 15) is 74.6 Å². The molecular weight excluding hydrogens is 599 g/mol. The van der Waals surface area contributed by atoms with Crippen molar-refractivity contribution in [1.29, 1.82) is 0 Å². The first kappa shape index (κ1) is 36.9. The predicted octanol–water partition coefficient (Wildman–Crippen LogP) is 7.93. The first-order valence-corrected chi connectivity index (χ1v) is 12.5. The zero-order valence-electron chi connectivity index (χ0n) is 19.9. The van der Waals surface area contributed by atoms with Gasteiger partial charge in [-0.3, -0.25) is 0 Å². The highest BCUT2D eigenvalue weighted by Crippen LogP contribution is 2.62. The van der Waals surface area contributed by atoms with E-state index in [0.29, 0.717) is 0 Å². The Bertz CT molecular complexity index is 764. The Morgan fingerprint density at radius 3 is 1.13 bits per heavy atom. The molecule has 0 N–H and O–H groups in total. The molecule has 0 aliphatic rings. The molecule has 0 saturated carbocycles. The van der Waals surface area contributed by atoms with E-state index in [-0.39, 0.29) is 0 Å². The minimum Gasteiger partial charge on any atom is -0.390 e. The molecule has 0 radical (unpaired) electrons. The Morgan fingerprint density at radius 1 is 0.553 bits per heavy atom. The van der Waals surface area contributed by atoms with Crippen LogP contribution in [0, 0.1) is 0 Å². The maximum atomic E-state index is 15.0. The first-order valence-electron chi connectivity index (χ1n) is 10.4. The van der Waals surface area contributed by atoms with Crippen LogP contribution in [0.25, 0.3) is 0 Å². The Balaban J connectivity index is 6.94. The van der Waals surface area contributed by atoms with Gasteiger partial charge < -0.3 is 8.85 Å². The van der Waals surface area contributed by atoms with Crippen LogP contribution < -0.4 is 0 Å². The lowest BCUT2D eigenvalue weighted by atomic mass is 9.89. The molecule has 0 aliphatic carbocycles. The molecule has 230 valence electrons. The summed E-state index contributed by atoms with van der Waals surface area (Å²) in [7, 11) is -5.51. The van der Waals surface area contributed by atoms with E-state index in [0.717, 1.165) is 34.6 Å². The molecule has 38 heavy (non-hydrogen) atoms. The molecule has 3 atom stereocenters. The molecule has 0 rings (SSSR count). The fourth-order valence-corrected chi connectivity index (χ4v) is 6.36. The minimum atomic E-state index is -8.42. The van der Waals surface area contributed by atoms with Gasteiger partial charge in [-0.1, -0.05) is 6.92 Å². The lowest BCUT2D eigenvalue weighted by molar-refractivity contribution is -0.432. The molecule has 3 unspecified atom stereocenters. The van der Waals surface area contributed by atoms with Crippen molar-refractivity contribution in [3.63, 3.8) is 0 Å². The van der Waals surface area contributed by atoms with Gasteiger partial charge in [-0.2, -0.15) is 52.7 Å². The van der Waals surface area contributed by atoms with Crippen LogP contribution in [0.1, 0.15) is 34.6 Å². The van der Waals surface area contributed by atoms with Crippen LogP contribution in [0.15, 0.2) is 0 Å². The average Bonchev–Trinajstić information content (AvgIpc) is 2.75. The Kier molecular flexibility index (Phi) is 11.1. The van der Waals surface area contributed by atoms with Gasteiger partial charge in [0.1, 0.15) is 0 Å². The molecule has 0 aromatic carbocycles. The summed E-state index contributed by atoms with van der Waals surface area (Å²) in [4.78, 5) is 0. The van der Waals surface area contributed by atoms with Crippen molar-refractivity contribution >= 4 is 8.56 Å². The second-order valence-electron chi connectivity index (χ2n) is 8.59. The molecule has 0 spiro atoms. The van der Waals surface area contributed by atoms with Crippen LogP contribution in [-0.2, 0) is 8.85 Å². The van der Waals surface area contributed by atoms with Crippen molar-refractivity contribution in [2.75, 3.05) is 0 Å². The Morgan fingerprint density at radius 2 is 0.868 bits per heavy atom. The van der Waals surface area contributed by atoms with E-state index in [1.54, 1.807) is 0 Å². The number of halogens is 17. The van der Waals surface area contributed by atoms with E-state index < -0.39 is 86.9 Å². The van der Waals surface area contributed by atoms with Gasteiger partial charge in [0.05, 0.1) is 0 Å². The van der Waals surface area contributed by atoms with Crippen molar-refractivity contribution in [3.05, 3.63) is 0 Å². The third-order valence-corrected chi connectivity index (χ3v) is 8.82. The summed E-state index contributed by atoms with van der Waals surface area (Å²) in [6, 6.07) is -1.08. The number of alkyl halides is 17. The summed E-state index contributed by atoms with van der Waals surface area (Å²) in [6.45, 7) is 4.78. The van der Waals surface area contributed by atoms with Gasteiger partial charge in [-0.25, -0.2) is 22.0 Å². The molecule has 0 saturated heterocycles. The smallest absolute Gasteiger partial charge is 0.384 e. The maximum absolute atomic E-state index is 15.0. The molecule has 20 heteroatoms. The van der Waals surface area contributed by atoms with Crippen LogP contribution >= 0.6 is 0 Å². The standard InChI is InChI=1S/C18H23F17O2Si/c1-6-38(36-7(2)3,37-8(4)5)12(23)14(26,27)16(30,31)18(34,35)17(32,33)15(28,29)13(24,25)10(20)9(19)11(21)22/h7-12H,6H2,1-5H3. The van der Waals surface area contributed by atoms with E-state index >= 15 is 0 Å². The fraction of sp³-hybridized carbons (Fsp3) is 1.00. The van der Waals surface area contributed by atoms with Gasteiger partial charge in [0, 0.05) is 12.2 Å². The molecule has 0 heterocycles. The summed E-state index contributed by atoms with van der Waals surface area (Å²) in [6.07, 6.45) is -18.4. The van der Waals surface area contributed by atoms with Crippen molar-refractivity contribution < 1.29 is 83.5 Å². The van der Waals surface area contributed by atoms with Gasteiger partial charge in [0.2, 0.25) is 12.0 Å². The number of hydrogen-bond acceptors (Lipinski definition) is 2. The van der Waals surface area contributed by atoms with Gasteiger partial charge in [-0.05, 0) is 33.7 Å². The molecule has 0 aromatic heterocycles. The molecule has 0 fully saturated rings. The second-order valence-corrected chi connectivity index (χ2v) is 11.9. The van der Waals surface area contributed by atoms with E-state index in [2.05, 4.69) is 0 Å². The normalized spacial score (nSPS) is 17.9. The van der Waals surface area contributed by atoms with Crippen LogP contribution in [0.2, 0.25) is 6.04 Å². The third-order valence-electron chi connectivity index (χ3n) is 4.95. The number of hydrogen-bond donors (Lipinski definition) is 0. The average molecular weight is 622 g/mol. The van der Waals surface area contributed by atoms with Gasteiger partial charge in [0.25, 0.3) is 6.43 Å². The lowest BCUT2D eigenvalue weighted by Gasteiger charge is -2.44. The maximum Gasteiger partial charge on any atom is 0.384 e. The topological polar surface area (TPSA) is 18.5 Å². The van der Waals surface area contributed by atoms with Gasteiger partial charge in [-0.15, -0.1) is 0 Å². The van der Waals surface area contributed by atoms with Crippen LogP contribution in [-0.4, -0.2) is 80.9 Å². The monoisotopic (exact) mass is 622 g/mol. The Hall–Kier alpha value is -1.05. The molecule has 0 aliphatic heterocycles. The zero-order valence-corrected chi connectivity index (χ0v) is 20.9. The highest BCUT2D eigenvalue weighted by Gasteiger charge is 2.92. The molecule has 0 amide bonds. The van der Waals surface area contributed by atoms with Gasteiger partial charge >= 0.3 is 44.1 Å². The summed E-state index contributed by atoms with van der Waals surface area (Å²) in [5.74, 6) is -52.4. The Labute approximate surface area is 206 Å². The van der Waals surface area contributed by atoms with Crippen LogP contribution in [0.3, 0.4) is 0 Å². The third kappa shape index (κ3) is 5.85. The SMILES string of the molecule is CC[Si](OC(C)C)(OC(C)C)C(F)C(F)(F)C(F)(F)C(F)(F)C(F)(F)C(F)(F)C(F)(F)C(F)C(F)C(F)F. The van der Waals surface area contributed by atoms with E-state index in [1.165, 1.54) is 0 Å². The van der Waals surface area contributed by atoms with Crippen molar-refractivity contribution in [1.82, 2.24) is 0 Å². The molecule has 0 aromatic rings. The first-order chi connectivity index (χ1) is 16.6. The molecular formula is C18H23F17O2Si. The van der Waals surface area contributed by atoms with Crippen molar-refractivity contribution in [2.45, 2.75) is 113 Å². The quantitative estimate of drug-likeness (QED) is 0.137. The highest BCUT2D eigenvalue weighted by atomic mass is 28.4. The second kappa shape index (κ2) is 11.4. The molecule has 2 nitrogen and oxygen atoms in total. The predicted molar refractivity (Wildman–Crippen MR) is 99.1 cm³/mol.